The van der Waals surface area contributed by atoms with Crippen LogP contribution in [0.15, 0.2) is 63.6 Å². The highest BCUT2D eigenvalue weighted by Crippen LogP contribution is 2.44. The van der Waals surface area contributed by atoms with Crippen molar-refractivity contribution in [3.63, 3.8) is 0 Å². The third-order valence-electron chi connectivity index (χ3n) is 9.23. The molecule has 244 valence electrons. The number of rotatable bonds is 11. The fourth-order valence-electron chi connectivity index (χ4n) is 7.00. The monoisotopic (exact) mass is 656 g/mol. The smallest absolute Gasteiger partial charge is 0.431 e. The van der Waals surface area contributed by atoms with Gasteiger partial charge in [0.25, 0.3) is 0 Å². The van der Waals surface area contributed by atoms with Gasteiger partial charge >= 0.3 is 14.4 Å². The molecule has 0 N–H and O–H groups in total. The molecule has 2 aromatic carbocycles. The maximum Gasteiger partial charge on any atom is 0.522 e. The molecular formula is C39H61AlN2OSi2. The summed E-state index contributed by atoms with van der Waals surface area (Å²) in [6.45, 7) is 37.0. The quantitative estimate of drug-likeness (QED) is 0.178. The zero-order valence-corrected chi connectivity index (χ0v) is 34.6. The second kappa shape index (κ2) is 14.4. The Balaban J connectivity index is 2.35. The minimum absolute atomic E-state index is 0.349. The molecule has 0 radical (unpaired) electrons. The summed E-state index contributed by atoms with van der Waals surface area (Å²) in [5, 5.41) is 3.78. The summed E-state index contributed by atoms with van der Waals surface area (Å²) in [4.78, 5) is 20.2. The number of hydrogen-bond acceptors (Lipinski definition) is 3. The van der Waals surface area contributed by atoms with Gasteiger partial charge in [-0.15, -0.1) is 0 Å². The lowest BCUT2D eigenvalue weighted by Crippen LogP contribution is -2.46. The lowest BCUT2D eigenvalue weighted by molar-refractivity contribution is -0.108. The zero-order chi connectivity index (χ0) is 34.2. The van der Waals surface area contributed by atoms with Crippen LogP contribution >= 0.6 is 0 Å². The summed E-state index contributed by atoms with van der Waals surface area (Å²) in [5.41, 5.74) is 9.80. The molecule has 0 spiro atoms. The van der Waals surface area contributed by atoms with E-state index < -0.39 is 30.5 Å². The average molecular weight is 657 g/mol. The first-order valence-electron chi connectivity index (χ1n) is 17.2. The molecule has 0 aliphatic carbocycles. The van der Waals surface area contributed by atoms with E-state index in [4.69, 9.17) is 4.99 Å². The van der Waals surface area contributed by atoms with E-state index in [0.29, 0.717) is 28.3 Å². The van der Waals surface area contributed by atoms with Crippen LogP contribution in [-0.2, 0) is 4.79 Å². The fraction of sp³-hybridized carbons (Fsp3) is 0.538. The highest BCUT2D eigenvalue weighted by Gasteiger charge is 2.51. The van der Waals surface area contributed by atoms with Crippen molar-refractivity contribution >= 4 is 52.2 Å². The molecule has 6 heteroatoms. The Morgan fingerprint density at radius 1 is 0.733 bits per heavy atom. The lowest BCUT2D eigenvalue weighted by atomic mass is 9.92. The van der Waals surface area contributed by atoms with Crippen molar-refractivity contribution in [1.29, 1.82) is 0 Å². The zero-order valence-electron chi connectivity index (χ0n) is 31.4. The highest BCUT2D eigenvalue weighted by atomic mass is 28.3. The van der Waals surface area contributed by atoms with Gasteiger partial charge in [0.2, 0.25) is 0 Å². The molecule has 0 aromatic heterocycles. The number of carbonyl (C=O) groups excluding carboxylic acids is 1. The first kappa shape index (κ1) is 37.5. The Labute approximate surface area is 283 Å². The minimum atomic E-state index is -2.16. The SMILES string of the molecule is CC(/C=C(\C)[N](c1c(C(C)C)cccc1C(C)C)[Al]1[CH2]C([Si](C)(C)C)=C([Si](C)(C)C)[C]1=O)=Nc1c(C(C)C)cccc1C(C)C. The summed E-state index contributed by atoms with van der Waals surface area (Å²) < 4.78 is 3.08. The maximum absolute atomic E-state index is 14.9. The predicted molar refractivity (Wildman–Crippen MR) is 208 cm³/mol. The largest absolute Gasteiger partial charge is 0.522 e. The second-order valence-electron chi connectivity index (χ2n) is 16.5. The van der Waals surface area contributed by atoms with Crippen molar-refractivity contribution in [3.05, 3.63) is 80.8 Å². The van der Waals surface area contributed by atoms with E-state index in [1.54, 1.807) is 5.20 Å². The van der Waals surface area contributed by atoms with Crippen molar-refractivity contribution in [3.8, 4) is 0 Å². The lowest BCUT2D eigenvalue weighted by Gasteiger charge is -2.36. The van der Waals surface area contributed by atoms with Gasteiger partial charge in [-0.05, 0) is 82.0 Å². The van der Waals surface area contributed by atoms with E-state index in [1.807, 2.05) is 0 Å². The van der Waals surface area contributed by atoms with Gasteiger partial charge in [0.05, 0.1) is 21.8 Å². The Hall–Kier alpha value is -1.97. The van der Waals surface area contributed by atoms with Crippen molar-refractivity contribution in [2.24, 2.45) is 4.99 Å². The molecule has 0 saturated heterocycles. The standard InChI is InChI=1S/C29H41N2.C10H20OSi2.Al/c1-18(2)24-13-11-14-25(19(3)4)28(24)30-22(9)17-23(10)31-29-26(20(5)6)15-12-16-27(29)21(7)8;1-9(12(2,3)4)10(8-11)13(5,6)7;/h11-21H,1-10H3;1H2,2-7H3;/q-1;;+1/b22-17+,31-23?;;. The number of benzene rings is 2. The van der Waals surface area contributed by atoms with Gasteiger partial charge in [-0.25, -0.2) is 0 Å². The number of para-hydroxylation sites is 2. The van der Waals surface area contributed by atoms with Gasteiger partial charge in [-0.3, -0.25) is 4.99 Å². The molecule has 45 heavy (non-hydrogen) atoms. The molecule has 3 nitrogen and oxygen atoms in total. The Kier molecular flexibility index (Phi) is 12.0. The normalized spacial score (nSPS) is 15.6. The number of hydrogen-bond donors (Lipinski definition) is 0. The number of carbonyl (C=O) groups is 1. The first-order chi connectivity index (χ1) is 20.7. The number of nitrogens with zero attached hydrogens (tertiary/aromatic N) is 2. The van der Waals surface area contributed by atoms with E-state index in [0.717, 1.165) is 22.4 Å². The van der Waals surface area contributed by atoms with Crippen LogP contribution in [0.3, 0.4) is 0 Å². The molecule has 0 saturated carbocycles. The molecule has 2 aromatic rings. The first-order valence-corrected chi connectivity index (χ1v) is 26.2. The average Bonchev–Trinajstić information content (AvgIpc) is 3.26. The van der Waals surface area contributed by atoms with Gasteiger partial charge < -0.3 is 8.68 Å². The highest BCUT2D eigenvalue weighted by molar-refractivity contribution is 7.09. The van der Waals surface area contributed by atoms with E-state index in [1.165, 1.54) is 33.1 Å². The molecule has 0 atom stereocenters. The van der Waals surface area contributed by atoms with Crippen LogP contribution in [0, 0.1) is 0 Å². The van der Waals surface area contributed by atoms with Crippen LogP contribution in [0.4, 0.5) is 11.4 Å². The second-order valence-corrected chi connectivity index (χ2v) is 29.1. The minimum Gasteiger partial charge on any atom is -0.431 e. The summed E-state index contributed by atoms with van der Waals surface area (Å²) >= 11 is -2.16. The maximum atomic E-state index is 14.9. The molecule has 0 bridgehead atoms. The van der Waals surface area contributed by atoms with Crippen molar-refractivity contribution in [2.75, 3.05) is 3.88 Å². The Morgan fingerprint density at radius 2 is 1.16 bits per heavy atom. The molecular weight excluding hydrogens is 596 g/mol. The van der Waals surface area contributed by atoms with E-state index >= 15 is 0 Å². The van der Waals surface area contributed by atoms with Crippen LogP contribution in [-0.4, -0.2) is 40.9 Å². The van der Waals surface area contributed by atoms with Crippen LogP contribution in [0.1, 0.15) is 115 Å². The third-order valence-corrected chi connectivity index (χ3v) is 17.5. The van der Waals surface area contributed by atoms with Gasteiger partial charge in [-0.2, -0.15) is 0 Å². The molecule has 1 aliphatic rings. The molecule has 1 heterocycles. The number of allylic oxidation sites excluding steroid dienone is 4. The van der Waals surface area contributed by atoms with Gasteiger partial charge in [-0.1, -0.05) is 136 Å². The van der Waals surface area contributed by atoms with Crippen LogP contribution < -0.4 is 3.88 Å². The van der Waals surface area contributed by atoms with Gasteiger partial charge in [0, 0.05) is 11.4 Å². The summed E-state index contributed by atoms with van der Waals surface area (Å²) in [5.74, 6) is 1.47. The molecule has 3 rings (SSSR count). The molecule has 0 unspecified atom stereocenters. The Bertz CT molecular complexity index is 1450. The summed E-state index contributed by atoms with van der Waals surface area (Å²) in [6, 6.07) is 13.4. The van der Waals surface area contributed by atoms with Crippen molar-refractivity contribution < 1.29 is 4.79 Å². The fourth-order valence-corrected chi connectivity index (χ4v) is 19.9. The van der Waals surface area contributed by atoms with E-state index in [-0.39, 0.29) is 0 Å². The van der Waals surface area contributed by atoms with E-state index in [2.05, 4.69) is 155 Å². The van der Waals surface area contributed by atoms with Crippen molar-refractivity contribution in [2.45, 2.75) is 137 Å². The van der Waals surface area contributed by atoms with Crippen LogP contribution in [0.25, 0.3) is 0 Å². The summed E-state index contributed by atoms with van der Waals surface area (Å²) in [6.07, 6.45) is 2.27. The summed E-state index contributed by atoms with van der Waals surface area (Å²) in [7, 11) is -3.53. The topological polar surface area (TPSA) is 32.7 Å². The molecule has 1 aliphatic heterocycles. The van der Waals surface area contributed by atoms with Crippen molar-refractivity contribution in [1.82, 2.24) is 0 Å². The number of anilines is 1. The van der Waals surface area contributed by atoms with Crippen LogP contribution in [0.2, 0.25) is 44.6 Å². The number of aliphatic imine (C=N–C) groups is 1. The molecule has 0 fully saturated rings. The molecule has 0 amide bonds. The van der Waals surface area contributed by atoms with Crippen LogP contribution in [0.5, 0.6) is 0 Å². The van der Waals surface area contributed by atoms with Gasteiger partial charge in [0.15, 0.2) is 0 Å². The Morgan fingerprint density at radius 3 is 1.51 bits per heavy atom. The predicted octanol–water partition coefficient (Wildman–Crippen LogP) is 11.8. The van der Waals surface area contributed by atoms with E-state index in [9.17, 15) is 4.79 Å². The van der Waals surface area contributed by atoms with Gasteiger partial charge in [0.1, 0.15) is 4.65 Å². The third kappa shape index (κ3) is 8.31.